The summed E-state index contributed by atoms with van der Waals surface area (Å²) in [4.78, 5) is 0. The van der Waals surface area contributed by atoms with Gasteiger partial charge >= 0.3 is 0 Å². The normalized spacial score (nSPS) is 14.1. The maximum Gasteiger partial charge on any atom is 0.146 e. The Kier molecular flexibility index (Phi) is 4.46. The summed E-state index contributed by atoms with van der Waals surface area (Å²) in [6, 6.07) is 10.4. The molecular formula is C17H21NO3. The molecule has 0 aliphatic heterocycles. The molecule has 3 rings (SSSR count). The molecule has 1 N–H and O–H groups in total. The Hall–Kier alpha value is -1.94. The number of benzene rings is 1. The van der Waals surface area contributed by atoms with Crippen molar-refractivity contribution in [3.63, 3.8) is 0 Å². The van der Waals surface area contributed by atoms with Crippen LogP contribution < -0.4 is 14.8 Å². The van der Waals surface area contributed by atoms with Crippen molar-refractivity contribution in [1.82, 2.24) is 5.32 Å². The minimum Gasteiger partial charge on any atom is -0.494 e. The summed E-state index contributed by atoms with van der Waals surface area (Å²) in [6.07, 6.45) is 4.29. The monoisotopic (exact) mass is 287 g/mol. The molecule has 1 aliphatic carbocycles. The molecule has 1 aliphatic rings. The number of hydrogen-bond acceptors (Lipinski definition) is 4. The third kappa shape index (κ3) is 4.02. The van der Waals surface area contributed by atoms with Gasteiger partial charge in [-0.05, 0) is 38.0 Å². The molecule has 0 spiro atoms. The molecule has 0 atom stereocenters. The topological polar surface area (TPSA) is 43.6 Å². The Bertz CT molecular complexity index is 575. The van der Waals surface area contributed by atoms with Crippen molar-refractivity contribution in [3.8, 4) is 11.5 Å². The van der Waals surface area contributed by atoms with E-state index in [4.69, 9.17) is 13.9 Å². The van der Waals surface area contributed by atoms with Crippen LogP contribution in [0.15, 0.2) is 41.0 Å². The van der Waals surface area contributed by atoms with Gasteiger partial charge in [0.25, 0.3) is 0 Å². The minimum absolute atomic E-state index is 0.435. The second kappa shape index (κ2) is 6.68. The summed E-state index contributed by atoms with van der Waals surface area (Å²) >= 11 is 0. The van der Waals surface area contributed by atoms with Gasteiger partial charge in [-0.3, -0.25) is 0 Å². The van der Waals surface area contributed by atoms with Crippen molar-refractivity contribution < 1.29 is 13.9 Å². The molecule has 0 unspecified atom stereocenters. The van der Waals surface area contributed by atoms with E-state index >= 15 is 0 Å². The zero-order valence-electron chi connectivity index (χ0n) is 12.3. The van der Waals surface area contributed by atoms with Crippen LogP contribution in [0.3, 0.4) is 0 Å². The molecule has 0 radical (unpaired) electrons. The molecule has 1 saturated carbocycles. The van der Waals surface area contributed by atoms with Gasteiger partial charge in [0, 0.05) is 24.2 Å². The fourth-order valence-electron chi connectivity index (χ4n) is 2.16. The van der Waals surface area contributed by atoms with Gasteiger partial charge in [0.2, 0.25) is 0 Å². The predicted octanol–water partition coefficient (Wildman–Crippen LogP) is 3.51. The maximum absolute atomic E-state index is 5.80. The van der Waals surface area contributed by atoms with E-state index in [0.717, 1.165) is 23.8 Å². The third-order valence-corrected chi connectivity index (χ3v) is 3.48. The predicted molar refractivity (Wildman–Crippen MR) is 80.5 cm³/mol. The number of ether oxygens (including phenoxy) is 2. The van der Waals surface area contributed by atoms with Gasteiger partial charge in [-0.15, -0.1) is 0 Å². The van der Waals surface area contributed by atoms with E-state index in [2.05, 4.69) is 5.32 Å². The second-order valence-electron chi connectivity index (χ2n) is 5.22. The molecule has 112 valence electrons. The lowest BCUT2D eigenvalue weighted by Gasteiger charge is -2.09. The van der Waals surface area contributed by atoms with Crippen LogP contribution in [0, 0.1) is 0 Å². The van der Waals surface area contributed by atoms with Crippen molar-refractivity contribution in [3.05, 3.63) is 47.9 Å². The Labute approximate surface area is 125 Å². The Morgan fingerprint density at radius 3 is 2.76 bits per heavy atom. The van der Waals surface area contributed by atoms with Crippen molar-refractivity contribution in [2.45, 2.75) is 39.0 Å². The highest BCUT2D eigenvalue weighted by Crippen LogP contribution is 2.23. The molecule has 1 heterocycles. The molecule has 4 nitrogen and oxygen atoms in total. The highest BCUT2D eigenvalue weighted by Gasteiger charge is 2.21. The SMILES string of the molecule is CCOc1cccc(OCc2occc2CNC2CC2)c1. The maximum atomic E-state index is 5.80. The standard InChI is InChI=1S/C17H21NO3/c1-2-19-15-4-3-5-16(10-15)21-12-17-13(8-9-20-17)11-18-14-6-7-14/h3-5,8-10,14,18H,2,6-7,11-12H2,1H3. The van der Waals surface area contributed by atoms with E-state index in [1.807, 2.05) is 37.3 Å². The first kappa shape index (κ1) is 14.0. The van der Waals surface area contributed by atoms with Crippen LogP contribution >= 0.6 is 0 Å². The van der Waals surface area contributed by atoms with E-state index in [1.54, 1.807) is 6.26 Å². The Morgan fingerprint density at radius 1 is 1.19 bits per heavy atom. The van der Waals surface area contributed by atoms with Crippen LogP contribution in [-0.4, -0.2) is 12.6 Å². The van der Waals surface area contributed by atoms with Crippen LogP contribution in [0.25, 0.3) is 0 Å². The Morgan fingerprint density at radius 2 is 2.00 bits per heavy atom. The highest BCUT2D eigenvalue weighted by molar-refractivity contribution is 5.33. The molecule has 4 heteroatoms. The lowest BCUT2D eigenvalue weighted by molar-refractivity contribution is 0.265. The van der Waals surface area contributed by atoms with Gasteiger partial charge in [-0.2, -0.15) is 0 Å². The van der Waals surface area contributed by atoms with E-state index < -0.39 is 0 Å². The van der Waals surface area contributed by atoms with Crippen molar-refractivity contribution in [2.24, 2.45) is 0 Å². The molecule has 21 heavy (non-hydrogen) atoms. The van der Waals surface area contributed by atoms with Gasteiger partial charge < -0.3 is 19.2 Å². The van der Waals surface area contributed by atoms with Crippen molar-refractivity contribution in [2.75, 3.05) is 6.61 Å². The van der Waals surface area contributed by atoms with E-state index in [9.17, 15) is 0 Å². The Balaban J connectivity index is 1.56. The minimum atomic E-state index is 0.435. The summed E-state index contributed by atoms with van der Waals surface area (Å²) in [5.74, 6) is 2.49. The van der Waals surface area contributed by atoms with Gasteiger partial charge in [-0.25, -0.2) is 0 Å². The summed E-state index contributed by atoms with van der Waals surface area (Å²) in [7, 11) is 0. The third-order valence-electron chi connectivity index (χ3n) is 3.48. The lowest BCUT2D eigenvalue weighted by Crippen LogP contribution is -2.16. The molecule has 1 aromatic heterocycles. The summed E-state index contributed by atoms with van der Waals surface area (Å²) in [5.41, 5.74) is 1.17. The van der Waals surface area contributed by atoms with Crippen LogP contribution in [0.1, 0.15) is 31.1 Å². The first-order valence-electron chi connectivity index (χ1n) is 7.49. The molecule has 0 saturated heterocycles. The van der Waals surface area contributed by atoms with E-state index in [-0.39, 0.29) is 0 Å². The van der Waals surface area contributed by atoms with Gasteiger partial charge in [0.1, 0.15) is 23.9 Å². The fourth-order valence-corrected chi connectivity index (χ4v) is 2.16. The van der Waals surface area contributed by atoms with Crippen LogP contribution in [0.4, 0.5) is 0 Å². The molecule has 1 fully saturated rings. The first-order chi connectivity index (χ1) is 10.3. The van der Waals surface area contributed by atoms with E-state index in [0.29, 0.717) is 19.3 Å². The van der Waals surface area contributed by atoms with Crippen LogP contribution in [0.5, 0.6) is 11.5 Å². The molecule has 0 bridgehead atoms. The molecule has 1 aromatic carbocycles. The van der Waals surface area contributed by atoms with Crippen molar-refractivity contribution >= 4 is 0 Å². The zero-order valence-corrected chi connectivity index (χ0v) is 12.3. The summed E-state index contributed by atoms with van der Waals surface area (Å²) in [6.45, 7) is 3.90. The fraction of sp³-hybridized carbons (Fsp3) is 0.412. The quantitative estimate of drug-likeness (QED) is 0.807. The number of hydrogen-bond donors (Lipinski definition) is 1. The molecule has 0 amide bonds. The number of rotatable bonds is 8. The van der Waals surface area contributed by atoms with Crippen molar-refractivity contribution in [1.29, 1.82) is 0 Å². The van der Waals surface area contributed by atoms with Gasteiger partial charge in [0.05, 0.1) is 12.9 Å². The van der Waals surface area contributed by atoms with Gasteiger partial charge in [0.15, 0.2) is 0 Å². The van der Waals surface area contributed by atoms with Gasteiger partial charge in [-0.1, -0.05) is 6.07 Å². The average Bonchev–Trinajstić information content (AvgIpc) is 3.22. The van der Waals surface area contributed by atoms with E-state index in [1.165, 1.54) is 18.4 Å². The number of furan rings is 1. The number of nitrogens with one attached hydrogen (secondary N) is 1. The smallest absolute Gasteiger partial charge is 0.146 e. The average molecular weight is 287 g/mol. The lowest BCUT2D eigenvalue weighted by atomic mass is 10.2. The first-order valence-corrected chi connectivity index (χ1v) is 7.49. The summed E-state index contributed by atoms with van der Waals surface area (Å²) in [5, 5.41) is 3.49. The highest BCUT2D eigenvalue weighted by atomic mass is 16.5. The summed E-state index contributed by atoms with van der Waals surface area (Å²) < 4.78 is 16.8. The molecule has 2 aromatic rings. The molecular weight excluding hydrogens is 266 g/mol. The second-order valence-corrected chi connectivity index (χ2v) is 5.22. The largest absolute Gasteiger partial charge is 0.494 e. The van der Waals surface area contributed by atoms with Crippen LogP contribution in [0.2, 0.25) is 0 Å². The zero-order chi connectivity index (χ0) is 14.5. The van der Waals surface area contributed by atoms with Crippen LogP contribution in [-0.2, 0) is 13.2 Å².